The van der Waals surface area contributed by atoms with Crippen molar-refractivity contribution in [1.82, 2.24) is 0 Å². The third-order valence-corrected chi connectivity index (χ3v) is 6.44. The first-order chi connectivity index (χ1) is 15.2. The average molecular weight is 462 g/mol. The molecule has 0 radical (unpaired) electrons. The molecule has 0 amide bonds. The normalized spacial score (nSPS) is 14.1. The summed E-state index contributed by atoms with van der Waals surface area (Å²) in [6.07, 6.45) is 0. The van der Waals surface area contributed by atoms with Gasteiger partial charge in [0.05, 0.1) is 41.9 Å². The van der Waals surface area contributed by atoms with E-state index in [4.69, 9.17) is 9.47 Å². The van der Waals surface area contributed by atoms with Gasteiger partial charge in [0.25, 0.3) is 5.69 Å². The van der Waals surface area contributed by atoms with E-state index < -0.39 is 37.3 Å². The molecule has 0 N–H and O–H groups in total. The molecule has 0 aromatic heterocycles. The Morgan fingerprint density at radius 1 is 1.06 bits per heavy atom. The summed E-state index contributed by atoms with van der Waals surface area (Å²) in [5, 5.41) is 11.7. The van der Waals surface area contributed by atoms with Crippen LogP contribution in [0.15, 0.2) is 69.6 Å². The highest BCUT2D eigenvalue weighted by molar-refractivity contribution is 7.91. The van der Waals surface area contributed by atoms with Crippen LogP contribution in [-0.4, -0.2) is 52.8 Å². The van der Waals surface area contributed by atoms with Gasteiger partial charge in [0.15, 0.2) is 0 Å². The van der Waals surface area contributed by atoms with Crippen molar-refractivity contribution >= 4 is 33.2 Å². The summed E-state index contributed by atoms with van der Waals surface area (Å²) >= 11 is 0. The molecule has 1 heterocycles. The highest BCUT2D eigenvalue weighted by Gasteiger charge is 2.34. The first kappa shape index (κ1) is 22.9. The quantitative estimate of drug-likeness (QED) is 0.354. The Hall–Kier alpha value is -3.77. The van der Waals surface area contributed by atoms with E-state index in [1.54, 1.807) is 6.07 Å². The van der Waals surface area contributed by atoms with Crippen molar-refractivity contribution in [3.8, 4) is 0 Å². The molecule has 0 unspecified atom stereocenters. The minimum Gasteiger partial charge on any atom is -0.466 e. The van der Waals surface area contributed by atoms with Gasteiger partial charge in [0.2, 0.25) is 9.84 Å². The second kappa shape index (κ2) is 9.16. The summed E-state index contributed by atoms with van der Waals surface area (Å²) in [6, 6.07) is 10.6. The van der Waals surface area contributed by atoms with Crippen molar-refractivity contribution in [2.45, 2.75) is 9.79 Å². The molecule has 0 atom stereocenters. The van der Waals surface area contributed by atoms with E-state index in [0.717, 1.165) is 26.4 Å². The molecule has 2 aromatic carbocycles. The van der Waals surface area contributed by atoms with Crippen molar-refractivity contribution < 1.29 is 37.1 Å². The van der Waals surface area contributed by atoms with Gasteiger partial charge in [-0.3, -0.25) is 10.1 Å². The van der Waals surface area contributed by atoms with Gasteiger partial charge in [-0.25, -0.2) is 18.0 Å². The van der Waals surface area contributed by atoms with Gasteiger partial charge in [0.1, 0.15) is 17.3 Å². The molecule has 168 valence electrons. The van der Waals surface area contributed by atoms with E-state index in [0.29, 0.717) is 0 Å². The van der Waals surface area contributed by atoms with Crippen molar-refractivity contribution in [3.05, 3.63) is 69.9 Å². The number of methoxy groups -OCH3 is 2. The summed E-state index contributed by atoms with van der Waals surface area (Å²) in [5.41, 5.74) is -1.03. The molecule has 1 aliphatic rings. The number of nitro benzene ring substituents is 1. The molecule has 11 nitrogen and oxygen atoms in total. The highest BCUT2D eigenvalue weighted by Crippen LogP contribution is 2.35. The molecule has 3 rings (SSSR count). The monoisotopic (exact) mass is 462 g/mol. The SMILES string of the molecule is COC(=O)C1=C(C(=O)OC)N(c2ccc(S(=O)(=O)c3ccccc3)c([N+](=O)[O-])c2)COC1. The van der Waals surface area contributed by atoms with Gasteiger partial charge in [-0.05, 0) is 24.3 Å². The van der Waals surface area contributed by atoms with Crippen LogP contribution < -0.4 is 4.90 Å². The third kappa shape index (κ3) is 4.18. The third-order valence-electron chi connectivity index (χ3n) is 4.63. The number of carbonyl (C=O) groups excluding carboxylic acids is 2. The van der Waals surface area contributed by atoms with Crippen molar-refractivity contribution in [2.24, 2.45) is 0 Å². The number of nitrogens with zero attached hydrogens (tertiary/aromatic N) is 2. The predicted octanol–water partition coefficient (Wildman–Crippen LogP) is 1.82. The fraction of sp³-hybridized carbons (Fsp3) is 0.200. The minimum atomic E-state index is -4.19. The Balaban J connectivity index is 2.17. The van der Waals surface area contributed by atoms with Crippen molar-refractivity contribution in [3.63, 3.8) is 0 Å². The van der Waals surface area contributed by atoms with Gasteiger partial charge in [-0.2, -0.15) is 0 Å². The number of hydrogen-bond acceptors (Lipinski definition) is 10. The Morgan fingerprint density at radius 2 is 1.72 bits per heavy atom. The first-order valence-corrected chi connectivity index (χ1v) is 10.5. The maximum absolute atomic E-state index is 13.0. The fourth-order valence-corrected chi connectivity index (χ4v) is 4.54. The number of ether oxygens (including phenoxy) is 3. The molecule has 0 saturated heterocycles. The van der Waals surface area contributed by atoms with Crippen LogP contribution >= 0.6 is 0 Å². The number of nitro groups is 1. The minimum absolute atomic E-state index is 0.0465. The Morgan fingerprint density at radius 3 is 2.31 bits per heavy atom. The lowest BCUT2D eigenvalue weighted by molar-refractivity contribution is -0.387. The summed E-state index contributed by atoms with van der Waals surface area (Å²) in [4.78, 5) is 35.9. The molecule has 2 aromatic rings. The van der Waals surface area contributed by atoms with Crippen LogP contribution in [0.2, 0.25) is 0 Å². The van der Waals surface area contributed by atoms with E-state index in [2.05, 4.69) is 4.74 Å². The van der Waals surface area contributed by atoms with Crippen LogP contribution in [0.1, 0.15) is 0 Å². The summed E-state index contributed by atoms with van der Waals surface area (Å²) in [7, 11) is -1.96. The van der Waals surface area contributed by atoms with E-state index in [1.807, 2.05) is 0 Å². The Labute approximate surface area is 182 Å². The molecular weight excluding hydrogens is 444 g/mol. The average Bonchev–Trinajstić information content (AvgIpc) is 2.82. The molecule has 0 fully saturated rings. The highest BCUT2D eigenvalue weighted by atomic mass is 32.2. The van der Waals surface area contributed by atoms with Crippen molar-refractivity contribution in [1.29, 1.82) is 0 Å². The number of anilines is 1. The van der Waals surface area contributed by atoms with E-state index in [-0.39, 0.29) is 35.2 Å². The standard InChI is InChI=1S/C20H18N2O9S/c1-29-19(23)15-11-31-12-21(18(15)20(24)30-2)13-8-9-17(16(10-13)22(25)26)32(27,28)14-6-4-3-5-7-14/h3-10H,11-12H2,1-2H3. The van der Waals surface area contributed by atoms with Crippen LogP contribution in [-0.2, 0) is 33.6 Å². The van der Waals surface area contributed by atoms with Gasteiger partial charge < -0.3 is 19.1 Å². The number of rotatable bonds is 6. The lowest BCUT2D eigenvalue weighted by Gasteiger charge is -2.31. The van der Waals surface area contributed by atoms with Gasteiger partial charge in [-0.1, -0.05) is 18.2 Å². The smallest absolute Gasteiger partial charge is 0.355 e. The summed E-state index contributed by atoms with van der Waals surface area (Å²) in [6.45, 7) is -0.483. The van der Waals surface area contributed by atoms with Crippen molar-refractivity contribution in [2.75, 3.05) is 32.5 Å². The molecule has 12 heteroatoms. The van der Waals surface area contributed by atoms with E-state index >= 15 is 0 Å². The van der Waals surface area contributed by atoms with Crippen LogP contribution in [0.5, 0.6) is 0 Å². The second-order valence-electron chi connectivity index (χ2n) is 6.44. The zero-order chi connectivity index (χ0) is 23.5. The van der Waals surface area contributed by atoms with Crippen LogP contribution in [0.3, 0.4) is 0 Å². The summed E-state index contributed by atoms with van der Waals surface area (Å²) < 4.78 is 40.7. The topological polar surface area (TPSA) is 142 Å². The number of esters is 2. The summed E-state index contributed by atoms with van der Waals surface area (Å²) in [5.74, 6) is -1.73. The lowest BCUT2D eigenvalue weighted by atomic mass is 10.1. The Kier molecular flexibility index (Phi) is 6.55. The number of hydrogen-bond donors (Lipinski definition) is 0. The number of benzene rings is 2. The number of carbonyl (C=O) groups is 2. The molecular formula is C20H18N2O9S. The maximum atomic E-state index is 13.0. The lowest BCUT2D eigenvalue weighted by Crippen LogP contribution is -2.38. The Bertz CT molecular complexity index is 1210. The molecule has 32 heavy (non-hydrogen) atoms. The zero-order valence-corrected chi connectivity index (χ0v) is 17.8. The van der Waals surface area contributed by atoms with Gasteiger partial charge in [0, 0.05) is 6.07 Å². The molecule has 0 saturated carbocycles. The largest absolute Gasteiger partial charge is 0.466 e. The molecule has 1 aliphatic heterocycles. The molecule has 0 spiro atoms. The van der Waals surface area contributed by atoms with Gasteiger partial charge in [-0.15, -0.1) is 0 Å². The molecule has 0 aliphatic carbocycles. The van der Waals surface area contributed by atoms with E-state index in [9.17, 15) is 28.1 Å². The maximum Gasteiger partial charge on any atom is 0.355 e. The second-order valence-corrected chi connectivity index (χ2v) is 8.36. The van der Waals surface area contributed by atoms with Crippen LogP contribution in [0, 0.1) is 10.1 Å². The first-order valence-electron chi connectivity index (χ1n) is 9.06. The van der Waals surface area contributed by atoms with E-state index in [1.165, 1.54) is 35.2 Å². The van der Waals surface area contributed by atoms with Gasteiger partial charge >= 0.3 is 11.9 Å². The molecule has 0 bridgehead atoms. The van der Waals surface area contributed by atoms with Crippen LogP contribution in [0.25, 0.3) is 0 Å². The number of sulfone groups is 1. The predicted molar refractivity (Wildman–Crippen MR) is 109 cm³/mol. The zero-order valence-electron chi connectivity index (χ0n) is 17.0. The van der Waals surface area contributed by atoms with Crippen LogP contribution in [0.4, 0.5) is 11.4 Å². The fourth-order valence-electron chi connectivity index (χ4n) is 3.12.